The van der Waals surface area contributed by atoms with Gasteiger partial charge in [0.05, 0.1) is 17.1 Å². The number of hydrogen-bond acceptors (Lipinski definition) is 3. The molecule has 1 fully saturated rings. The number of imidazole rings is 1. The van der Waals surface area contributed by atoms with Gasteiger partial charge in [0.2, 0.25) is 5.91 Å². The van der Waals surface area contributed by atoms with Crippen molar-refractivity contribution in [2.24, 2.45) is 5.92 Å². The smallest absolute Gasteiger partial charge is 0.320 e. The molecule has 1 aliphatic rings. The Balaban J connectivity index is 1.44. The van der Waals surface area contributed by atoms with Crippen molar-refractivity contribution in [2.75, 3.05) is 18.4 Å². The third-order valence-electron chi connectivity index (χ3n) is 5.68. The highest BCUT2D eigenvalue weighted by Gasteiger charge is 2.31. The lowest BCUT2D eigenvalue weighted by molar-refractivity contribution is -0.121. The Bertz CT molecular complexity index is 981. The van der Waals surface area contributed by atoms with E-state index in [1.54, 1.807) is 24.3 Å². The summed E-state index contributed by atoms with van der Waals surface area (Å²) in [4.78, 5) is 19.1. The number of hydrogen-bond donors (Lipinski definition) is 1. The van der Waals surface area contributed by atoms with E-state index >= 15 is 0 Å². The third-order valence-corrected chi connectivity index (χ3v) is 5.68. The van der Waals surface area contributed by atoms with Gasteiger partial charge < -0.3 is 5.32 Å². The molecule has 1 unspecified atom stereocenters. The zero-order chi connectivity index (χ0) is 20.4. The molecular formula is C22H24F2N4O. The number of amides is 1. The summed E-state index contributed by atoms with van der Waals surface area (Å²) < 4.78 is 28.5. The van der Waals surface area contributed by atoms with E-state index in [4.69, 9.17) is 0 Å². The van der Waals surface area contributed by atoms with Crippen molar-refractivity contribution >= 4 is 22.6 Å². The number of fused-ring (bicyclic) bond motifs is 1. The van der Waals surface area contributed by atoms with E-state index in [-0.39, 0.29) is 17.9 Å². The topological polar surface area (TPSA) is 50.2 Å². The van der Waals surface area contributed by atoms with Crippen molar-refractivity contribution in [3.05, 3.63) is 60.4 Å². The van der Waals surface area contributed by atoms with Crippen molar-refractivity contribution in [1.82, 2.24) is 14.5 Å². The van der Waals surface area contributed by atoms with Gasteiger partial charge in [-0.1, -0.05) is 30.3 Å². The molecule has 1 amide bonds. The molecule has 1 aromatic heterocycles. The minimum atomic E-state index is -2.64. The van der Waals surface area contributed by atoms with Gasteiger partial charge >= 0.3 is 6.55 Å². The summed E-state index contributed by atoms with van der Waals surface area (Å²) in [6.07, 6.45) is 1.38. The van der Waals surface area contributed by atoms with E-state index in [0.29, 0.717) is 42.8 Å². The number of likely N-dealkylation sites (tertiary alicyclic amines) is 1. The number of carbonyl (C=O) groups excluding carboxylic acids is 1. The zero-order valence-electron chi connectivity index (χ0n) is 16.3. The first-order valence-corrected chi connectivity index (χ1v) is 9.89. The number of carbonyl (C=O) groups is 1. The SMILES string of the molecule is CC(c1nc2ccccc2n1C(F)F)N1CCC(C(=O)Nc2ccccc2)CC1. The van der Waals surface area contributed by atoms with Gasteiger partial charge in [0.15, 0.2) is 0 Å². The van der Waals surface area contributed by atoms with Crippen molar-refractivity contribution < 1.29 is 13.6 Å². The fraction of sp³-hybridized carbons (Fsp3) is 0.364. The van der Waals surface area contributed by atoms with Crippen LogP contribution < -0.4 is 5.32 Å². The van der Waals surface area contributed by atoms with Crippen LogP contribution in [-0.4, -0.2) is 33.4 Å². The van der Waals surface area contributed by atoms with Crippen LogP contribution in [0.4, 0.5) is 14.5 Å². The van der Waals surface area contributed by atoms with Gasteiger partial charge in [-0.05, 0) is 57.1 Å². The van der Waals surface area contributed by atoms with Crippen molar-refractivity contribution in [3.63, 3.8) is 0 Å². The molecular weight excluding hydrogens is 374 g/mol. The molecule has 4 rings (SSSR count). The Kier molecular flexibility index (Phi) is 5.58. The molecule has 2 heterocycles. The summed E-state index contributed by atoms with van der Waals surface area (Å²) in [6, 6.07) is 16.1. The second-order valence-electron chi connectivity index (χ2n) is 7.45. The molecule has 0 aliphatic carbocycles. The van der Waals surface area contributed by atoms with E-state index < -0.39 is 6.55 Å². The second-order valence-corrected chi connectivity index (χ2v) is 7.45. The predicted octanol–water partition coefficient (Wildman–Crippen LogP) is 4.84. The highest BCUT2D eigenvalue weighted by atomic mass is 19.3. The molecule has 152 valence electrons. The molecule has 2 aromatic carbocycles. The van der Waals surface area contributed by atoms with Crippen molar-refractivity contribution in [3.8, 4) is 0 Å². The molecule has 0 bridgehead atoms. The van der Waals surface area contributed by atoms with Gasteiger partial charge in [0.25, 0.3) is 0 Å². The molecule has 1 aliphatic heterocycles. The van der Waals surface area contributed by atoms with Gasteiger partial charge in [0, 0.05) is 11.6 Å². The maximum absolute atomic E-state index is 13.7. The van der Waals surface area contributed by atoms with E-state index in [1.165, 1.54) is 0 Å². The fourth-order valence-electron chi connectivity index (χ4n) is 4.04. The molecule has 0 saturated carbocycles. The normalized spacial score (nSPS) is 17.0. The molecule has 29 heavy (non-hydrogen) atoms. The Hall–Kier alpha value is -2.80. The maximum atomic E-state index is 13.7. The number of anilines is 1. The fourth-order valence-corrected chi connectivity index (χ4v) is 4.04. The number of nitrogens with one attached hydrogen (secondary N) is 1. The highest BCUT2D eigenvalue weighted by molar-refractivity contribution is 5.92. The van der Waals surface area contributed by atoms with Crippen molar-refractivity contribution in [1.29, 1.82) is 0 Å². The molecule has 1 atom stereocenters. The third kappa shape index (κ3) is 4.00. The molecule has 1 N–H and O–H groups in total. The maximum Gasteiger partial charge on any atom is 0.320 e. The Morgan fingerprint density at radius 1 is 1.07 bits per heavy atom. The summed E-state index contributed by atoms with van der Waals surface area (Å²) in [5, 5.41) is 2.96. The lowest BCUT2D eigenvalue weighted by atomic mass is 9.94. The zero-order valence-corrected chi connectivity index (χ0v) is 16.3. The lowest BCUT2D eigenvalue weighted by Gasteiger charge is -2.35. The van der Waals surface area contributed by atoms with Gasteiger partial charge in [-0.25, -0.2) is 4.98 Å². The largest absolute Gasteiger partial charge is 0.326 e. The van der Waals surface area contributed by atoms with Gasteiger partial charge in [-0.3, -0.25) is 14.3 Å². The molecule has 1 saturated heterocycles. The van der Waals surface area contributed by atoms with Crippen LogP contribution in [0.25, 0.3) is 11.0 Å². The summed E-state index contributed by atoms with van der Waals surface area (Å²) >= 11 is 0. The average molecular weight is 398 g/mol. The minimum Gasteiger partial charge on any atom is -0.326 e. The molecule has 0 spiro atoms. The molecule has 7 heteroatoms. The summed E-state index contributed by atoms with van der Waals surface area (Å²) in [5.74, 6) is 0.310. The van der Waals surface area contributed by atoms with E-state index in [0.717, 1.165) is 10.3 Å². The lowest BCUT2D eigenvalue weighted by Crippen LogP contribution is -2.40. The van der Waals surface area contributed by atoms with Crippen LogP contribution in [0, 0.1) is 5.92 Å². The quantitative estimate of drug-likeness (QED) is 0.669. The Morgan fingerprint density at radius 3 is 2.41 bits per heavy atom. The first-order valence-electron chi connectivity index (χ1n) is 9.89. The van der Waals surface area contributed by atoms with Crippen LogP contribution in [0.1, 0.15) is 38.2 Å². The standard InChI is InChI=1S/C22H24F2N4O/c1-15(20-26-18-9-5-6-10-19(18)28(20)22(23)24)27-13-11-16(12-14-27)21(29)25-17-7-3-2-4-8-17/h2-10,15-16,22H,11-14H2,1H3,(H,25,29). The highest BCUT2D eigenvalue weighted by Crippen LogP contribution is 2.32. The van der Waals surface area contributed by atoms with Crippen molar-refractivity contribution in [2.45, 2.75) is 32.4 Å². The Morgan fingerprint density at radius 2 is 1.72 bits per heavy atom. The number of nitrogens with zero attached hydrogens (tertiary/aromatic N) is 3. The molecule has 0 radical (unpaired) electrons. The monoisotopic (exact) mass is 398 g/mol. The number of alkyl halides is 2. The number of aromatic nitrogens is 2. The van der Waals surface area contributed by atoms with Crippen LogP contribution in [0.5, 0.6) is 0 Å². The minimum absolute atomic E-state index is 0.0170. The molecule has 5 nitrogen and oxygen atoms in total. The average Bonchev–Trinajstić information content (AvgIpc) is 3.14. The van der Waals surface area contributed by atoms with Crippen LogP contribution >= 0.6 is 0 Å². The van der Waals surface area contributed by atoms with Gasteiger partial charge in [-0.15, -0.1) is 0 Å². The van der Waals surface area contributed by atoms with E-state index in [1.807, 2.05) is 37.3 Å². The number of para-hydroxylation sites is 3. The number of benzene rings is 2. The van der Waals surface area contributed by atoms with E-state index in [9.17, 15) is 13.6 Å². The summed E-state index contributed by atoms with van der Waals surface area (Å²) in [6.45, 7) is 0.597. The first kappa shape index (κ1) is 19.5. The van der Waals surface area contributed by atoms with Gasteiger partial charge in [-0.2, -0.15) is 8.78 Å². The van der Waals surface area contributed by atoms with Crippen LogP contribution in [0.15, 0.2) is 54.6 Å². The first-order chi connectivity index (χ1) is 14.0. The second kappa shape index (κ2) is 8.29. The predicted molar refractivity (Wildman–Crippen MR) is 109 cm³/mol. The van der Waals surface area contributed by atoms with Crippen LogP contribution in [0.2, 0.25) is 0 Å². The number of halogens is 2. The van der Waals surface area contributed by atoms with E-state index in [2.05, 4.69) is 15.2 Å². The van der Waals surface area contributed by atoms with Crippen LogP contribution in [-0.2, 0) is 4.79 Å². The summed E-state index contributed by atoms with van der Waals surface area (Å²) in [5.41, 5.74) is 1.81. The van der Waals surface area contributed by atoms with Crippen LogP contribution in [0.3, 0.4) is 0 Å². The Labute approximate surface area is 168 Å². The number of piperidine rings is 1. The van der Waals surface area contributed by atoms with Gasteiger partial charge in [0.1, 0.15) is 5.82 Å². The summed E-state index contributed by atoms with van der Waals surface area (Å²) in [7, 11) is 0. The molecule has 3 aromatic rings. The number of rotatable bonds is 5.